The average molecular weight is 383 g/mol. The summed E-state index contributed by atoms with van der Waals surface area (Å²) in [5.41, 5.74) is 0.786. The highest BCUT2D eigenvalue weighted by atomic mass is 19.1. The van der Waals surface area contributed by atoms with E-state index in [1.54, 1.807) is 18.2 Å². The molecule has 2 aromatic rings. The van der Waals surface area contributed by atoms with Crippen molar-refractivity contribution in [3.63, 3.8) is 0 Å². The lowest BCUT2D eigenvalue weighted by molar-refractivity contribution is -0.139. The first kappa shape index (κ1) is 19.7. The largest absolute Gasteiger partial charge is 0.507 e. The van der Waals surface area contributed by atoms with Crippen molar-refractivity contribution < 1.29 is 19.1 Å². The van der Waals surface area contributed by atoms with Gasteiger partial charge in [0, 0.05) is 24.5 Å². The number of rotatable bonds is 6. The van der Waals surface area contributed by atoms with Gasteiger partial charge in [0.25, 0.3) is 11.7 Å². The quantitative estimate of drug-likeness (QED) is 0.472. The predicted octanol–water partition coefficient (Wildman–Crippen LogP) is 2.59. The van der Waals surface area contributed by atoms with Crippen molar-refractivity contribution in [2.75, 3.05) is 27.2 Å². The Morgan fingerprint density at radius 1 is 1.21 bits per heavy atom. The number of pyridine rings is 1. The molecule has 0 spiro atoms. The Hall–Kier alpha value is -3.06. The number of Topliss-reactive ketones (excluding diaryl/α,β-unsaturated/α-hetero) is 1. The maximum Gasteiger partial charge on any atom is 0.295 e. The summed E-state index contributed by atoms with van der Waals surface area (Å²) in [6.07, 6.45) is 3.61. The van der Waals surface area contributed by atoms with Gasteiger partial charge < -0.3 is 14.9 Å². The van der Waals surface area contributed by atoms with E-state index in [0.717, 1.165) is 6.54 Å². The van der Waals surface area contributed by atoms with Crippen LogP contribution < -0.4 is 0 Å². The molecule has 0 unspecified atom stereocenters. The number of likely N-dealkylation sites (tertiary alicyclic amines) is 1. The van der Waals surface area contributed by atoms with Crippen LogP contribution in [0.2, 0.25) is 0 Å². The fraction of sp³-hybridized carbons (Fsp3) is 0.286. The second-order valence-corrected chi connectivity index (χ2v) is 6.94. The van der Waals surface area contributed by atoms with Crippen LogP contribution in [0.4, 0.5) is 4.39 Å². The number of aromatic nitrogens is 1. The zero-order valence-corrected chi connectivity index (χ0v) is 15.8. The van der Waals surface area contributed by atoms with E-state index < -0.39 is 23.5 Å². The van der Waals surface area contributed by atoms with Crippen molar-refractivity contribution in [1.29, 1.82) is 0 Å². The molecule has 0 bridgehead atoms. The van der Waals surface area contributed by atoms with Crippen molar-refractivity contribution >= 4 is 17.4 Å². The second kappa shape index (κ2) is 8.31. The molecule has 0 aliphatic carbocycles. The molecular formula is C21H22FN3O3. The van der Waals surface area contributed by atoms with Crippen molar-refractivity contribution in [2.24, 2.45) is 0 Å². The van der Waals surface area contributed by atoms with Crippen molar-refractivity contribution in [1.82, 2.24) is 14.8 Å². The van der Waals surface area contributed by atoms with Gasteiger partial charge in [-0.1, -0.05) is 12.1 Å². The number of ketones is 1. The van der Waals surface area contributed by atoms with E-state index >= 15 is 0 Å². The standard InChI is InChI=1S/C21H22FN3O3/c1-24(2)11-4-12-25-18(15-5-3-6-16(22)13-15)17(20(27)21(25)28)19(26)14-7-9-23-10-8-14/h3,5-10,13,18,26H,4,11-12H2,1-2H3/b19-17+/t18-/m0/s1. The predicted molar refractivity (Wildman–Crippen MR) is 103 cm³/mol. The third-order valence-corrected chi connectivity index (χ3v) is 4.66. The number of halogens is 1. The molecule has 1 saturated heterocycles. The molecule has 1 fully saturated rings. The summed E-state index contributed by atoms with van der Waals surface area (Å²) in [7, 11) is 3.84. The number of carbonyl (C=O) groups is 2. The van der Waals surface area contributed by atoms with Gasteiger partial charge in [0.15, 0.2) is 0 Å². The number of nitrogens with zero attached hydrogens (tertiary/aromatic N) is 3. The van der Waals surface area contributed by atoms with E-state index in [-0.39, 0.29) is 11.3 Å². The molecule has 1 aliphatic rings. The van der Waals surface area contributed by atoms with Crippen molar-refractivity contribution in [3.8, 4) is 0 Å². The molecule has 0 saturated carbocycles. The van der Waals surface area contributed by atoms with Crippen LogP contribution in [0.1, 0.15) is 23.6 Å². The Morgan fingerprint density at radius 3 is 2.57 bits per heavy atom. The molecule has 1 aromatic carbocycles. The Labute approximate surface area is 162 Å². The number of aliphatic hydroxyl groups excluding tert-OH is 1. The topological polar surface area (TPSA) is 73.7 Å². The molecule has 3 rings (SSSR count). The van der Waals surface area contributed by atoms with Crippen LogP contribution >= 0.6 is 0 Å². The van der Waals surface area contributed by atoms with Gasteiger partial charge in [-0.05, 0) is 56.9 Å². The molecule has 0 radical (unpaired) electrons. The molecule has 1 aromatic heterocycles. The minimum atomic E-state index is -0.842. The minimum absolute atomic E-state index is 0.0355. The molecule has 6 nitrogen and oxygen atoms in total. The van der Waals surface area contributed by atoms with Crippen LogP contribution in [0.5, 0.6) is 0 Å². The maximum absolute atomic E-state index is 13.9. The molecule has 1 N–H and O–H groups in total. The fourth-order valence-electron chi connectivity index (χ4n) is 3.36. The van der Waals surface area contributed by atoms with Crippen LogP contribution in [0.3, 0.4) is 0 Å². The van der Waals surface area contributed by atoms with Crippen LogP contribution in [0.15, 0.2) is 54.4 Å². The van der Waals surface area contributed by atoms with Gasteiger partial charge >= 0.3 is 0 Å². The lowest BCUT2D eigenvalue weighted by atomic mass is 9.95. The summed E-state index contributed by atoms with van der Waals surface area (Å²) in [6, 6.07) is 8.02. The summed E-state index contributed by atoms with van der Waals surface area (Å²) in [5, 5.41) is 10.8. The van der Waals surface area contributed by atoms with Crippen LogP contribution in [-0.4, -0.2) is 58.8 Å². The van der Waals surface area contributed by atoms with Gasteiger partial charge in [0.2, 0.25) is 0 Å². The van der Waals surface area contributed by atoms with Gasteiger partial charge in [0.1, 0.15) is 11.6 Å². The van der Waals surface area contributed by atoms with Crippen LogP contribution in [0, 0.1) is 5.82 Å². The summed E-state index contributed by atoms with van der Waals surface area (Å²) in [5.74, 6) is -2.22. The monoisotopic (exact) mass is 383 g/mol. The lowest BCUT2D eigenvalue weighted by Gasteiger charge is -2.26. The van der Waals surface area contributed by atoms with Crippen LogP contribution in [-0.2, 0) is 9.59 Å². The molecule has 1 amide bonds. The van der Waals surface area contributed by atoms with Gasteiger partial charge in [-0.15, -0.1) is 0 Å². The second-order valence-electron chi connectivity index (χ2n) is 6.94. The van der Waals surface area contributed by atoms with E-state index in [9.17, 15) is 19.1 Å². The Kier molecular flexibility index (Phi) is 5.84. The number of hydrogen-bond donors (Lipinski definition) is 1. The first-order valence-electron chi connectivity index (χ1n) is 8.99. The highest BCUT2D eigenvalue weighted by Crippen LogP contribution is 2.39. The first-order chi connectivity index (χ1) is 13.4. The zero-order chi connectivity index (χ0) is 20.3. The molecule has 2 heterocycles. The summed E-state index contributed by atoms with van der Waals surface area (Å²) >= 11 is 0. The summed E-state index contributed by atoms with van der Waals surface area (Å²) in [4.78, 5) is 32.8. The Balaban J connectivity index is 2.08. The molecule has 146 valence electrons. The van der Waals surface area contributed by atoms with Crippen LogP contribution in [0.25, 0.3) is 5.76 Å². The highest BCUT2D eigenvalue weighted by molar-refractivity contribution is 6.46. The number of hydrogen-bond acceptors (Lipinski definition) is 5. The number of carbonyl (C=O) groups excluding carboxylic acids is 2. The van der Waals surface area contributed by atoms with Gasteiger partial charge in [-0.3, -0.25) is 14.6 Å². The number of amides is 1. The number of benzene rings is 1. The van der Waals surface area contributed by atoms with E-state index in [1.165, 1.54) is 35.5 Å². The summed E-state index contributed by atoms with van der Waals surface area (Å²) < 4.78 is 13.9. The average Bonchev–Trinajstić information content (AvgIpc) is 2.93. The Bertz CT molecular complexity index is 912. The third-order valence-electron chi connectivity index (χ3n) is 4.66. The van der Waals surface area contributed by atoms with E-state index in [1.807, 2.05) is 19.0 Å². The Morgan fingerprint density at radius 2 is 1.93 bits per heavy atom. The zero-order valence-electron chi connectivity index (χ0n) is 15.8. The molecule has 1 atom stereocenters. The van der Waals surface area contributed by atoms with E-state index in [0.29, 0.717) is 24.1 Å². The minimum Gasteiger partial charge on any atom is -0.507 e. The molecule has 1 aliphatic heterocycles. The van der Waals surface area contributed by atoms with E-state index in [4.69, 9.17) is 0 Å². The maximum atomic E-state index is 13.9. The molecule has 28 heavy (non-hydrogen) atoms. The molecule has 7 heteroatoms. The third kappa shape index (κ3) is 3.94. The first-order valence-corrected chi connectivity index (χ1v) is 8.99. The van der Waals surface area contributed by atoms with Gasteiger partial charge in [0.05, 0.1) is 11.6 Å². The normalized spacial score (nSPS) is 18.9. The summed E-state index contributed by atoms with van der Waals surface area (Å²) in [6.45, 7) is 1.04. The van der Waals surface area contributed by atoms with Crippen molar-refractivity contribution in [3.05, 3.63) is 71.3 Å². The fourth-order valence-corrected chi connectivity index (χ4v) is 3.36. The lowest BCUT2D eigenvalue weighted by Crippen LogP contribution is -2.32. The van der Waals surface area contributed by atoms with E-state index in [2.05, 4.69) is 4.98 Å². The number of aliphatic hydroxyl groups is 1. The smallest absolute Gasteiger partial charge is 0.295 e. The van der Waals surface area contributed by atoms with Gasteiger partial charge in [-0.2, -0.15) is 0 Å². The van der Waals surface area contributed by atoms with Gasteiger partial charge in [-0.25, -0.2) is 4.39 Å². The SMILES string of the molecule is CN(C)CCCN1C(=O)C(=O)/C(=C(/O)c2ccncc2)[C@@H]1c1cccc(F)c1. The molecular weight excluding hydrogens is 361 g/mol. The van der Waals surface area contributed by atoms with Crippen molar-refractivity contribution in [2.45, 2.75) is 12.5 Å². The highest BCUT2D eigenvalue weighted by Gasteiger charge is 2.45.